The van der Waals surface area contributed by atoms with E-state index in [0.29, 0.717) is 0 Å². The highest BCUT2D eigenvalue weighted by molar-refractivity contribution is 5.87. The summed E-state index contributed by atoms with van der Waals surface area (Å²) in [7, 11) is 0. The van der Waals surface area contributed by atoms with Gasteiger partial charge in [-0.05, 0) is 12.1 Å². The number of hydrogen-bond donors (Lipinski definition) is 1. The molecule has 0 saturated heterocycles. The first-order chi connectivity index (χ1) is 8.43. The van der Waals surface area contributed by atoms with E-state index in [4.69, 9.17) is 4.42 Å². The van der Waals surface area contributed by atoms with Crippen molar-refractivity contribution in [3.8, 4) is 0 Å². The van der Waals surface area contributed by atoms with Crippen LogP contribution in [0.5, 0.6) is 0 Å². The summed E-state index contributed by atoms with van der Waals surface area (Å²) < 4.78 is 7.07. The molecule has 0 aliphatic heterocycles. The lowest BCUT2D eigenvalue weighted by atomic mass is 10.3. The van der Waals surface area contributed by atoms with Crippen LogP contribution in [0.2, 0.25) is 0 Å². The van der Waals surface area contributed by atoms with Gasteiger partial charge in [0.15, 0.2) is 0 Å². The van der Waals surface area contributed by atoms with E-state index in [1.165, 1.54) is 0 Å². The van der Waals surface area contributed by atoms with Crippen LogP contribution >= 0.6 is 0 Å². The molecule has 3 aromatic heterocycles. The molecular weight excluding hydrogens is 218 g/mol. The summed E-state index contributed by atoms with van der Waals surface area (Å²) >= 11 is 0. The summed E-state index contributed by atoms with van der Waals surface area (Å²) in [5.41, 5.74) is 0.836. The maximum atomic E-state index is 5.30. The molecule has 6 heteroatoms. The van der Waals surface area contributed by atoms with E-state index in [1.54, 1.807) is 23.3 Å². The molecule has 0 radical (unpaired) electrons. The van der Waals surface area contributed by atoms with Gasteiger partial charge in [-0.3, -0.25) is 4.68 Å². The summed E-state index contributed by atoms with van der Waals surface area (Å²) in [4.78, 5) is 4.28. The average Bonchev–Trinajstić information content (AvgIpc) is 2.99. The predicted molar refractivity (Wildman–Crippen MR) is 62.5 cm³/mol. The van der Waals surface area contributed by atoms with Gasteiger partial charge in [-0.2, -0.15) is 0 Å². The van der Waals surface area contributed by atoms with E-state index >= 15 is 0 Å². The minimum Gasteiger partial charge on any atom is -0.464 e. The minimum atomic E-state index is 0.737. The van der Waals surface area contributed by atoms with Gasteiger partial charge in [0.25, 0.3) is 0 Å². The van der Waals surface area contributed by atoms with Crippen molar-refractivity contribution in [2.75, 3.05) is 11.9 Å². The lowest BCUT2D eigenvalue weighted by Gasteiger charge is -2.05. The van der Waals surface area contributed by atoms with Gasteiger partial charge in [0.05, 0.1) is 24.4 Å². The fourth-order valence-corrected chi connectivity index (χ4v) is 1.68. The van der Waals surface area contributed by atoms with Gasteiger partial charge < -0.3 is 9.73 Å². The van der Waals surface area contributed by atoms with Crippen molar-refractivity contribution in [1.29, 1.82) is 0 Å². The van der Waals surface area contributed by atoms with Crippen molar-refractivity contribution in [2.24, 2.45) is 0 Å². The summed E-state index contributed by atoms with van der Waals surface area (Å²) in [6.07, 6.45) is 6.88. The number of rotatable bonds is 4. The fourth-order valence-electron chi connectivity index (χ4n) is 1.68. The molecule has 3 rings (SSSR count). The second-order valence-electron chi connectivity index (χ2n) is 3.58. The molecule has 0 spiro atoms. The third-order valence-electron chi connectivity index (χ3n) is 2.49. The Morgan fingerprint density at radius 1 is 1.29 bits per heavy atom. The van der Waals surface area contributed by atoms with E-state index in [1.807, 2.05) is 18.3 Å². The Labute approximate surface area is 97.3 Å². The van der Waals surface area contributed by atoms with Crippen LogP contribution in [0.4, 0.5) is 5.82 Å². The predicted octanol–water partition coefficient (Wildman–Crippen LogP) is 1.53. The van der Waals surface area contributed by atoms with Crippen molar-refractivity contribution in [3.05, 3.63) is 37.0 Å². The number of anilines is 1. The number of pyridine rings is 1. The van der Waals surface area contributed by atoms with Crippen LogP contribution in [0.1, 0.15) is 0 Å². The first kappa shape index (κ1) is 9.83. The monoisotopic (exact) mass is 229 g/mol. The zero-order chi connectivity index (χ0) is 11.5. The van der Waals surface area contributed by atoms with Gasteiger partial charge in [0.1, 0.15) is 11.4 Å². The molecule has 86 valence electrons. The highest BCUT2D eigenvalue weighted by Gasteiger charge is 2.03. The van der Waals surface area contributed by atoms with Crippen molar-refractivity contribution >= 4 is 16.8 Å². The van der Waals surface area contributed by atoms with E-state index in [9.17, 15) is 0 Å². The van der Waals surface area contributed by atoms with Crippen LogP contribution in [-0.4, -0.2) is 26.5 Å². The molecule has 0 saturated carbocycles. The van der Waals surface area contributed by atoms with Crippen LogP contribution in [-0.2, 0) is 6.54 Å². The highest BCUT2D eigenvalue weighted by atomic mass is 16.3. The number of furan rings is 1. The van der Waals surface area contributed by atoms with E-state index in [0.717, 1.165) is 29.9 Å². The van der Waals surface area contributed by atoms with Gasteiger partial charge in [0.2, 0.25) is 0 Å². The minimum absolute atomic E-state index is 0.737. The van der Waals surface area contributed by atoms with Crippen molar-refractivity contribution in [2.45, 2.75) is 6.54 Å². The largest absolute Gasteiger partial charge is 0.464 e. The molecule has 0 aromatic carbocycles. The van der Waals surface area contributed by atoms with E-state index < -0.39 is 0 Å². The Morgan fingerprint density at radius 3 is 3.18 bits per heavy atom. The number of nitrogens with zero attached hydrogens (tertiary/aromatic N) is 4. The van der Waals surface area contributed by atoms with Gasteiger partial charge in [-0.25, -0.2) is 4.98 Å². The summed E-state index contributed by atoms with van der Waals surface area (Å²) in [5, 5.41) is 11.9. The highest BCUT2D eigenvalue weighted by Crippen LogP contribution is 2.21. The summed E-state index contributed by atoms with van der Waals surface area (Å²) in [6.45, 7) is 1.48. The molecule has 3 heterocycles. The Bertz CT molecular complexity index is 601. The lowest BCUT2D eigenvalue weighted by Crippen LogP contribution is -2.11. The van der Waals surface area contributed by atoms with Gasteiger partial charge in [-0.15, -0.1) is 5.10 Å². The zero-order valence-electron chi connectivity index (χ0n) is 9.08. The molecule has 0 aliphatic carbocycles. The second kappa shape index (κ2) is 4.25. The maximum Gasteiger partial charge on any atom is 0.139 e. The van der Waals surface area contributed by atoms with E-state index in [-0.39, 0.29) is 0 Å². The Morgan fingerprint density at radius 2 is 2.29 bits per heavy atom. The van der Waals surface area contributed by atoms with Gasteiger partial charge in [0, 0.05) is 18.9 Å². The quantitative estimate of drug-likeness (QED) is 0.734. The second-order valence-corrected chi connectivity index (χ2v) is 3.58. The number of aromatic nitrogens is 4. The number of fused-ring (bicyclic) bond motifs is 1. The standard InChI is InChI=1S/C11H11N5O/c1-3-12-11(9-2-8-17-10(1)9)13-4-6-16-7-5-14-15-16/h1-3,5,7-8H,4,6H2,(H,12,13). The molecule has 3 aromatic rings. The molecule has 0 fully saturated rings. The normalized spacial score (nSPS) is 10.8. The Kier molecular flexibility index (Phi) is 2.45. The molecule has 1 N–H and O–H groups in total. The first-order valence-corrected chi connectivity index (χ1v) is 5.34. The third-order valence-corrected chi connectivity index (χ3v) is 2.49. The smallest absolute Gasteiger partial charge is 0.139 e. The molecule has 0 unspecified atom stereocenters. The Hall–Kier alpha value is -2.37. The van der Waals surface area contributed by atoms with Crippen LogP contribution < -0.4 is 5.32 Å². The van der Waals surface area contributed by atoms with Crippen molar-refractivity contribution in [3.63, 3.8) is 0 Å². The van der Waals surface area contributed by atoms with E-state index in [2.05, 4.69) is 20.6 Å². The number of hydrogen-bond acceptors (Lipinski definition) is 5. The third kappa shape index (κ3) is 1.96. The SMILES string of the molecule is c1cn(CCNc2nccc3occc23)nn1. The fraction of sp³-hybridized carbons (Fsp3) is 0.182. The van der Waals surface area contributed by atoms with Gasteiger partial charge >= 0.3 is 0 Å². The van der Waals surface area contributed by atoms with Crippen LogP contribution in [0.15, 0.2) is 41.4 Å². The molecule has 6 nitrogen and oxygen atoms in total. The lowest BCUT2D eigenvalue weighted by molar-refractivity contribution is 0.608. The average molecular weight is 229 g/mol. The van der Waals surface area contributed by atoms with Gasteiger partial charge in [-0.1, -0.05) is 5.21 Å². The molecule has 0 aliphatic rings. The molecular formula is C11H11N5O. The topological polar surface area (TPSA) is 68.8 Å². The summed E-state index contributed by atoms with van der Waals surface area (Å²) in [5.74, 6) is 0.830. The maximum absolute atomic E-state index is 5.30. The summed E-state index contributed by atoms with van der Waals surface area (Å²) in [6, 6.07) is 3.75. The van der Waals surface area contributed by atoms with Crippen LogP contribution in [0, 0.1) is 0 Å². The molecule has 17 heavy (non-hydrogen) atoms. The molecule has 0 atom stereocenters. The molecule has 0 amide bonds. The van der Waals surface area contributed by atoms with Crippen molar-refractivity contribution in [1.82, 2.24) is 20.0 Å². The molecule has 0 bridgehead atoms. The van der Waals surface area contributed by atoms with Crippen LogP contribution in [0.3, 0.4) is 0 Å². The zero-order valence-corrected chi connectivity index (χ0v) is 9.08. The number of nitrogens with one attached hydrogen (secondary N) is 1. The Balaban J connectivity index is 1.70. The first-order valence-electron chi connectivity index (χ1n) is 5.34. The van der Waals surface area contributed by atoms with Crippen LogP contribution in [0.25, 0.3) is 11.0 Å². The van der Waals surface area contributed by atoms with Crippen molar-refractivity contribution < 1.29 is 4.42 Å².